The fourth-order valence-electron chi connectivity index (χ4n) is 2.55. The molecule has 0 aliphatic carbocycles. The number of piperazine rings is 1. The van der Waals surface area contributed by atoms with Gasteiger partial charge in [-0.2, -0.15) is 0 Å². The predicted octanol–water partition coefficient (Wildman–Crippen LogP) is 2.74. The second-order valence-electron chi connectivity index (χ2n) is 6.12. The summed E-state index contributed by atoms with van der Waals surface area (Å²) in [6.45, 7) is 14.3. The third-order valence-electron chi connectivity index (χ3n) is 3.35. The van der Waals surface area contributed by atoms with Gasteiger partial charge in [0, 0.05) is 25.7 Å². The van der Waals surface area contributed by atoms with Crippen molar-refractivity contribution in [1.82, 2.24) is 10.2 Å². The maximum atomic E-state index is 3.64. The molecule has 0 spiro atoms. The van der Waals surface area contributed by atoms with Crippen LogP contribution in [-0.4, -0.2) is 37.1 Å². The van der Waals surface area contributed by atoms with Crippen molar-refractivity contribution < 1.29 is 0 Å². The van der Waals surface area contributed by atoms with E-state index in [1.807, 2.05) is 0 Å². The molecule has 0 bridgehead atoms. The lowest BCUT2D eigenvalue weighted by Gasteiger charge is -2.34. The zero-order chi connectivity index (χ0) is 12.0. The molecule has 0 aromatic heterocycles. The second kappa shape index (κ2) is 7.29. The monoisotopic (exact) mass is 226 g/mol. The van der Waals surface area contributed by atoms with E-state index in [0.717, 1.165) is 17.9 Å². The summed E-state index contributed by atoms with van der Waals surface area (Å²) in [6, 6.07) is 0.729. The van der Waals surface area contributed by atoms with E-state index in [1.54, 1.807) is 0 Å². The Morgan fingerprint density at radius 1 is 1.19 bits per heavy atom. The molecule has 1 rings (SSSR count). The summed E-state index contributed by atoms with van der Waals surface area (Å²) in [5.74, 6) is 1.67. The lowest BCUT2D eigenvalue weighted by molar-refractivity contribution is 0.182. The van der Waals surface area contributed by atoms with Gasteiger partial charge in [-0.15, -0.1) is 0 Å². The van der Waals surface area contributed by atoms with Gasteiger partial charge < -0.3 is 10.2 Å². The maximum absolute atomic E-state index is 3.64. The van der Waals surface area contributed by atoms with Crippen LogP contribution in [0.25, 0.3) is 0 Å². The van der Waals surface area contributed by atoms with Crippen LogP contribution in [0.2, 0.25) is 0 Å². The van der Waals surface area contributed by atoms with E-state index < -0.39 is 0 Å². The molecule has 2 heteroatoms. The first-order valence-corrected chi connectivity index (χ1v) is 7.03. The fraction of sp³-hybridized carbons (Fsp3) is 1.00. The summed E-state index contributed by atoms with van der Waals surface area (Å²) in [5.41, 5.74) is 0. The molecular formula is C14H30N2. The molecule has 1 unspecified atom stereocenters. The molecule has 1 N–H and O–H groups in total. The Morgan fingerprint density at radius 3 is 2.56 bits per heavy atom. The molecule has 0 aromatic rings. The topological polar surface area (TPSA) is 15.3 Å². The lowest BCUT2D eigenvalue weighted by Crippen LogP contribution is -2.51. The van der Waals surface area contributed by atoms with Crippen LogP contribution in [0.3, 0.4) is 0 Å². The van der Waals surface area contributed by atoms with Gasteiger partial charge in [0.1, 0.15) is 0 Å². The molecule has 0 saturated carbocycles. The average molecular weight is 226 g/mol. The highest BCUT2D eigenvalue weighted by Gasteiger charge is 2.19. The molecule has 1 heterocycles. The summed E-state index contributed by atoms with van der Waals surface area (Å²) in [5, 5.41) is 3.64. The Bertz CT molecular complexity index is 178. The van der Waals surface area contributed by atoms with Crippen molar-refractivity contribution in [2.45, 2.75) is 53.0 Å². The van der Waals surface area contributed by atoms with Crippen molar-refractivity contribution in [3.63, 3.8) is 0 Å². The summed E-state index contributed by atoms with van der Waals surface area (Å²) in [6.07, 6.45) is 4.06. The van der Waals surface area contributed by atoms with Crippen molar-refractivity contribution in [3.8, 4) is 0 Å². The van der Waals surface area contributed by atoms with Crippen LogP contribution in [0, 0.1) is 11.8 Å². The summed E-state index contributed by atoms with van der Waals surface area (Å²) < 4.78 is 0. The van der Waals surface area contributed by atoms with E-state index in [0.29, 0.717) is 0 Å². The van der Waals surface area contributed by atoms with Gasteiger partial charge >= 0.3 is 0 Å². The molecule has 0 amide bonds. The Hall–Kier alpha value is -0.0800. The van der Waals surface area contributed by atoms with Gasteiger partial charge in [0.15, 0.2) is 0 Å². The van der Waals surface area contributed by atoms with Gasteiger partial charge in [-0.05, 0) is 37.6 Å². The standard InChI is InChI=1S/C14H30N2/c1-12(2)6-5-8-16-9-7-15-14(11-16)10-13(3)4/h12-15H,5-11H2,1-4H3. The van der Waals surface area contributed by atoms with Gasteiger partial charge in [-0.25, -0.2) is 0 Å². The van der Waals surface area contributed by atoms with Gasteiger partial charge in [-0.1, -0.05) is 27.7 Å². The van der Waals surface area contributed by atoms with Crippen molar-refractivity contribution in [1.29, 1.82) is 0 Å². The Balaban J connectivity index is 2.17. The highest BCUT2D eigenvalue weighted by atomic mass is 15.2. The molecule has 1 aliphatic rings. The highest BCUT2D eigenvalue weighted by molar-refractivity contribution is 4.79. The van der Waals surface area contributed by atoms with Crippen LogP contribution in [0.5, 0.6) is 0 Å². The first kappa shape index (κ1) is 14.0. The maximum Gasteiger partial charge on any atom is 0.0197 e. The first-order valence-electron chi connectivity index (χ1n) is 7.03. The molecule has 0 radical (unpaired) electrons. The van der Waals surface area contributed by atoms with E-state index in [9.17, 15) is 0 Å². The Morgan fingerprint density at radius 2 is 1.94 bits per heavy atom. The number of nitrogens with one attached hydrogen (secondary N) is 1. The van der Waals surface area contributed by atoms with Crippen LogP contribution in [-0.2, 0) is 0 Å². The van der Waals surface area contributed by atoms with Gasteiger partial charge in [0.25, 0.3) is 0 Å². The largest absolute Gasteiger partial charge is 0.311 e. The summed E-state index contributed by atoms with van der Waals surface area (Å²) in [7, 11) is 0. The molecular weight excluding hydrogens is 196 g/mol. The van der Waals surface area contributed by atoms with E-state index in [2.05, 4.69) is 37.9 Å². The SMILES string of the molecule is CC(C)CCCN1CCNC(CC(C)C)C1. The van der Waals surface area contributed by atoms with Gasteiger partial charge in [0.2, 0.25) is 0 Å². The van der Waals surface area contributed by atoms with E-state index in [-0.39, 0.29) is 0 Å². The molecule has 1 fully saturated rings. The predicted molar refractivity (Wildman–Crippen MR) is 71.8 cm³/mol. The smallest absolute Gasteiger partial charge is 0.0197 e. The van der Waals surface area contributed by atoms with Crippen LogP contribution in [0.4, 0.5) is 0 Å². The number of nitrogens with zero attached hydrogens (tertiary/aromatic N) is 1. The fourth-order valence-corrected chi connectivity index (χ4v) is 2.55. The third kappa shape index (κ3) is 5.86. The zero-order valence-corrected chi connectivity index (χ0v) is 11.6. The molecule has 1 saturated heterocycles. The van der Waals surface area contributed by atoms with E-state index in [1.165, 1.54) is 45.4 Å². The number of hydrogen-bond donors (Lipinski definition) is 1. The lowest BCUT2D eigenvalue weighted by atomic mass is 10.0. The highest BCUT2D eigenvalue weighted by Crippen LogP contribution is 2.11. The average Bonchev–Trinajstić information content (AvgIpc) is 2.16. The quantitative estimate of drug-likeness (QED) is 0.749. The van der Waals surface area contributed by atoms with Crippen LogP contribution >= 0.6 is 0 Å². The Kier molecular flexibility index (Phi) is 6.37. The molecule has 16 heavy (non-hydrogen) atoms. The van der Waals surface area contributed by atoms with Crippen molar-refractivity contribution in [3.05, 3.63) is 0 Å². The zero-order valence-electron chi connectivity index (χ0n) is 11.6. The van der Waals surface area contributed by atoms with E-state index in [4.69, 9.17) is 0 Å². The molecule has 1 atom stereocenters. The second-order valence-corrected chi connectivity index (χ2v) is 6.12. The van der Waals surface area contributed by atoms with Crippen molar-refractivity contribution in [2.75, 3.05) is 26.2 Å². The summed E-state index contributed by atoms with van der Waals surface area (Å²) in [4.78, 5) is 2.64. The molecule has 2 nitrogen and oxygen atoms in total. The third-order valence-corrected chi connectivity index (χ3v) is 3.35. The van der Waals surface area contributed by atoms with Crippen LogP contribution in [0.15, 0.2) is 0 Å². The van der Waals surface area contributed by atoms with Crippen molar-refractivity contribution >= 4 is 0 Å². The normalized spacial score (nSPS) is 23.2. The van der Waals surface area contributed by atoms with Crippen LogP contribution < -0.4 is 5.32 Å². The molecule has 1 aliphatic heterocycles. The molecule has 0 aromatic carbocycles. The van der Waals surface area contributed by atoms with Gasteiger partial charge in [-0.3, -0.25) is 0 Å². The van der Waals surface area contributed by atoms with Gasteiger partial charge in [0.05, 0.1) is 0 Å². The minimum absolute atomic E-state index is 0.729. The van der Waals surface area contributed by atoms with E-state index >= 15 is 0 Å². The number of hydrogen-bond acceptors (Lipinski definition) is 2. The number of rotatable bonds is 6. The minimum Gasteiger partial charge on any atom is -0.311 e. The first-order chi connectivity index (χ1) is 7.58. The van der Waals surface area contributed by atoms with Crippen LogP contribution in [0.1, 0.15) is 47.0 Å². The summed E-state index contributed by atoms with van der Waals surface area (Å²) >= 11 is 0. The minimum atomic E-state index is 0.729. The molecule has 96 valence electrons. The Labute approximate surface area is 102 Å². The van der Waals surface area contributed by atoms with Crippen molar-refractivity contribution in [2.24, 2.45) is 11.8 Å².